The zero-order chi connectivity index (χ0) is 22.8. The molecule has 0 radical (unpaired) electrons. The molecule has 1 aliphatic rings. The van der Waals surface area contributed by atoms with E-state index in [2.05, 4.69) is 4.99 Å². The standard InChI is InChI=1S/C21H16F3N3O3S/c1-27(2)20-26-19(28)18(31-20)10-12-4-7-16(17(9-12)29-3)30-15-6-5-13(11-25)8-14(15)21(22,23)24/h4-10H,1-3H3/b18-10-. The van der Waals surface area contributed by atoms with Crippen molar-refractivity contribution in [3.63, 3.8) is 0 Å². The molecule has 160 valence electrons. The zero-order valence-corrected chi connectivity index (χ0v) is 17.5. The average Bonchev–Trinajstić information content (AvgIpc) is 3.09. The van der Waals surface area contributed by atoms with Crippen molar-refractivity contribution in [3.05, 3.63) is 58.0 Å². The molecule has 0 saturated heterocycles. The van der Waals surface area contributed by atoms with Crippen molar-refractivity contribution in [2.45, 2.75) is 6.18 Å². The van der Waals surface area contributed by atoms with Crippen LogP contribution in [0.1, 0.15) is 16.7 Å². The Kier molecular flexibility index (Phi) is 6.27. The van der Waals surface area contributed by atoms with Crippen LogP contribution >= 0.6 is 11.8 Å². The lowest BCUT2D eigenvalue weighted by Gasteiger charge is -2.16. The van der Waals surface area contributed by atoms with E-state index in [1.807, 2.05) is 0 Å². The Balaban J connectivity index is 1.92. The van der Waals surface area contributed by atoms with Gasteiger partial charge in [-0.2, -0.15) is 23.4 Å². The van der Waals surface area contributed by atoms with Crippen LogP contribution in [0.25, 0.3) is 6.08 Å². The zero-order valence-electron chi connectivity index (χ0n) is 16.6. The van der Waals surface area contributed by atoms with E-state index in [0.29, 0.717) is 15.6 Å². The smallest absolute Gasteiger partial charge is 0.420 e. The van der Waals surface area contributed by atoms with Gasteiger partial charge in [0.15, 0.2) is 16.7 Å². The van der Waals surface area contributed by atoms with Crippen molar-refractivity contribution in [2.75, 3.05) is 21.2 Å². The van der Waals surface area contributed by atoms with Crippen molar-refractivity contribution < 1.29 is 27.4 Å². The Bertz CT molecular complexity index is 1130. The second kappa shape index (κ2) is 8.73. The largest absolute Gasteiger partial charge is 0.493 e. The summed E-state index contributed by atoms with van der Waals surface area (Å²) < 4.78 is 50.9. The minimum atomic E-state index is -4.70. The van der Waals surface area contributed by atoms with Crippen molar-refractivity contribution in [1.82, 2.24) is 4.90 Å². The lowest BCUT2D eigenvalue weighted by molar-refractivity contribution is -0.138. The maximum Gasteiger partial charge on any atom is 0.420 e. The van der Waals surface area contributed by atoms with Crippen LogP contribution in [0, 0.1) is 11.3 Å². The molecule has 1 heterocycles. The van der Waals surface area contributed by atoms with Gasteiger partial charge in [0.1, 0.15) is 5.75 Å². The third-order valence-electron chi connectivity index (χ3n) is 4.11. The highest BCUT2D eigenvalue weighted by molar-refractivity contribution is 8.18. The number of amidine groups is 1. The predicted molar refractivity (Wildman–Crippen MR) is 111 cm³/mol. The minimum absolute atomic E-state index is 0.0514. The molecule has 2 aromatic rings. The van der Waals surface area contributed by atoms with Crippen LogP contribution in [-0.4, -0.2) is 37.2 Å². The van der Waals surface area contributed by atoms with E-state index in [0.717, 1.165) is 12.1 Å². The fraction of sp³-hybridized carbons (Fsp3) is 0.190. The third kappa shape index (κ3) is 5.00. The Morgan fingerprint density at radius 1 is 1.13 bits per heavy atom. The van der Waals surface area contributed by atoms with Crippen LogP contribution in [0.2, 0.25) is 0 Å². The Morgan fingerprint density at radius 3 is 2.42 bits per heavy atom. The van der Waals surface area contributed by atoms with Gasteiger partial charge in [0, 0.05) is 14.1 Å². The molecule has 0 spiro atoms. The second-order valence-electron chi connectivity index (χ2n) is 6.54. The van der Waals surface area contributed by atoms with Crippen molar-refractivity contribution in [1.29, 1.82) is 5.26 Å². The number of carbonyl (C=O) groups is 1. The van der Waals surface area contributed by atoms with Crippen LogP contribution in [-0.2, 0) is 11.0 Å². The minimum Gasteiger partial charge on any atom is -0.493 e. The first kappa shape index (κ1) is 22.2. The molecule has 0 fully saturated rings. The Morgan fingerprint density at radius 2 is 1.84 bits per heavy atom. The SMILES string of the molecule is COc1cc(/C=C2\SC(N(C)C)=NC2=O)ccc1Oc1ccc(C#N)cc1C(F)(F)F. The highest BCUT2D eigenvalue weighted by Crippen LogP contribution is 2.41. The molecule has 0 saturated carbocycles. The fourth-order valence-electron chi connectivity index (χ4n) is 2.63. The molecule has 0 bridgehead atoms. The quantitative estimate of drug-likeness (QED) is 0.620. The van der Waals surface area contributed by atoms with E-state index < -0.39 is 17.5 Å². The predicted octanol–water partition coefficient (Wildman–Crippen LogP) is 4.91. The maximum atomic E-state index is 13.4. The summed E-state index contributed by atoms with van der Waals surface area (Å²) in [5.41, 5.74) is -0.612. The maximum absolute atomic E-state index is 13.4. The summed E-state index contributed by atoms with van der Waals surface area (Å²) in [6, 6.07) is 9.31. The van der Waals surface area contributed by atoms with Crippen LogP contribution in [0.4, 0.5) is 13.2 Å². The molecule has 1 amide bonds. The van der Waals surface area contributed by atoms with Crippen LogP contribution < -0.4 is 9.47 Å². The number of alkyl halides is 3. The van der Waals surface area contributed by atoms with Crippen LogP contribution in [0.3, 0.4) is 0 Å². The van der Waals surface area contributed by atoms with Gasteiger partial charge in [0.25, 0.3) is 5.91 Å². The third-order valence-corrected chi connectivity index (χ3v) is 5.26. The molecule has 0 unspecified atom stereocenters. The van der Waals surface area contributed by atoms with Gasteiger partial charge in [0.2, 0.25) is 0 Å². The molecular formula is C21H16F3N3O3S. The number of nitriles is 1. The van der Waals surface area contributed by atoms with Crippen molar-refractivity contribution >= 4 is 28.9 Å². The van der Waals surface area contributed by atoms with Gasteiger partial charge in [-0.3, -0.25) is 4.79 Å². The van der Waals surface area contributed by atoms with Gasteiger partial charge in [0.05, 0.1) is 29.2 Å². The number of nitrogens with zero attached hydrogens (tertiary/aromatic N) is 3. The van der Waals surface area contributed by atoms with Gasteiger partial charge >= 0.3 is 6.18 Å². The summed E-state index contributed by atoms with van der Waals surface area (Å²) in [5.74, 6) is -0.603. The average molecular weight is 447 g/mol. The lowest BCUT2D eigenvalue weighted by Crippen LogP contribution is -2.16. The Labute approximate surface area is 180 Å². The molecular weight excluding hydrogens is 431 g/mol. The summed E-state index contributed by atoms with van der Waals surface area (Å²) in [5, 5.41) is 9.44. The van der Waals surface area contributed by atoms with Crippen molar-refractivity contribution in [2.24, 2.45) is 4.99 Å². The first-order valence-corrected chi connectivity index (χ1v) is 9.61. The van der Waals surface area contributed by atoms with E-state index in [1.54, 1.807) is 43.3 Å². The highest BCUT2D eigenvalue weighted by atomic mass is 32.2. The van der Waals surface area contributed by atoms with Gasteiger partial charge in [-0.05, 0) is 53.7 Å². The highest BCUT2D eigenvalue weighted by Gasteiger charge is 2.35. The molecule has 0 aromatic heterocycles. The number of benzene rings is 2. The van der Waals surface area contributed by atoms with Crippen LogP contribution in [0.5, 0.6) is 17.2 Å². The van der Waals surface area contributed by atoms with Crippen molar-refractivity contribution in [3.8, 4) is 23.3 Å². The molecule has 2 aromatic carbocycles. The summed E-state index contributed by atoms with van der Waals surface area (Å²) in [6.07, 6.45) is -3.09. The summed E-state index contributed by atoms with van der Waals surface area (Å²) in [4.78, 5) is 18.1. The van der Waals surface area contributed by atoms with Gasteiger partial charge in [-0.1, -0.05) is 6.07 Å². The summed E-state index contributed by atoms with van der Waals surface area (Å²) in [7, 11) is 4.90. The van der Waals surface area contributed by atoms with Gasteiger partial charge in [-0.25, -0.2) is 0 Å². The first-order valence-electron chi connectivity index (χ1n) is 8.79. The number of rotatable bonds is 4. The van der Waals surface area contributed by atoms with Gasteiger partial charge in [-0.15, -0.1) is 0 Å². The molecule has 10 heteroatoms. The number of amides is 1. The number of aliphatic imine (C=N–C) groups is 1. The molecule has 3 rings (SSSR count). The van der Waals surface area contributed by atoms with Crippen LogP contribution in [0.15, 0.2) is 46.3 Å². The fourth-order valence-corrected chi connectivity index (χ4v) is 3.46. The van der Waals surface area contributed by atoms with E-state index in [9.17, 15) is 18.0 Å². The summed E-state index contributed by atoms with van der Waals surface area (Å²) >= 11 is 1.21. The number of carbonyl (C=O) groups excluding carboxylic acids is 1. The molecule has 0 aliphatic carbocycles. The molecule has 0 atom stereocenters. The number of halogens is 3. The van der Waals surface area contributed by atoms with E-state index in [-0.39, 0.29) is 23.0 Å². The summed E-state index contributed by atoms with van der Waals surface area (Å²) in [6.45, 7) is 0. The van der Waals surface area contributed by atoms with Gasteiger partial charge < -0.3 is 14.4 Å². The van der Waals surface area contributed by atoms with E-state index in [1.165, 1.54) is 31.0 Å². The molecule has 31 heavy (non-hydrogen) atoms. The molecule has 1 aliphatic heterocycles. The number of hydrogen-bond acceptors (Lipinski definition) is 6. The number of methoxy groups -OCH3 is 1. The number of ether oxygens (including phenoxy) is 2. The Hall–Kier alpha value is -3.45. The number of hydrogen-bond donors (Lipinski definition) is 0. The second-order valence-corrected chi connectivity index (χ2v) is 7.55. The lowest BCUT2D eigenvalue weighted by atomic mass is 10.1. The molecule has 6 nitrogen and oxygen atoms in total. The topological polar surface area (TPSA) is 74.9 Å². The first-order chi connectivity index (χ1) is 14.6. The van der Waals surface area contributed by atoms with E-state index in [4.69, 9.17) is 14.7 Å². The number of thioether (sulfide) groups is 1. The van der Waals surface area contributed by atoms with E-state index >= 15 is 0 Å². The monoisotopic (exact) mass is 447 g/mol. The molecule has 0 N–H and O–H groups in total. The normalized spacial score (nSPS) is 14.9.